The van der Waals surface area contributed by atoms with Crippen molar-refractivity contribution in [3.63, 3.8) is 0 Å². The van der Waals surface area contributed by atoms with Crippen molar-refractivity contribution in [2.75, 3.05) is 24.7 Å². The Hall–Kier alpha value is -1.21. The van der Waals surface area contributed by atoms with E-state index in [9.17, 15) is 8.42 Å². The molecule has 1 unspecified atom stereocenters. The summed E-state index contributed by atoms with van der Waals surface area (Å²) in [7, 11) is -3.42. The molecule has 0 radical (unpaired) electrons. The number of hydrogen-bond donors (Lipinski definition) is 2. The molecule has 7 heteroatoms. The highest BCUT2D eigenvalue weighted by Crippen LogP contribution is 2.17. The van der Waals surface area contributed by atoms with Crippen molar-refractivity contribution >= 4 is 15.7 Å². The van der Waals surface area contributed by atoms with Gasteiger partial charge in [-0.2, -0.15) is 0 Å². The Labute approximate surface area is 134 Å². The summed E-state index contributed by atoms with van der Waals surface area (Å²) < 4.78 is 23.1. The van der Waals surface area contributed by atoms with Crippen LogP contribution in [0.2, 0.25) is 0 Å². The maximum Gasteiger partial charge on any atom is 0.248 e. The Bertz CT molecular complexity index is 555. The molecule has 1 heterocycles. The van der Waals surface area contributed by atoms with Gasteiger partial charge in [-0.3, -0.25) is 0 Å². The van der Waals surface area contributed by atoms with Crippen LogP contribution in [-0.4, -0.2) is 42.9 Å². The molecular weight excluding hydrogens is 302 g/mol. The van der Waals surface area contributed by atoms with E-state index in [0.29, 0.717) is 18.1 Å². The van der Waals surface area contributed by atoms with Gasteiger partial charge in [0.15, 0.2) is 0 Å². The highest BCUT2D eigenvalue weighted by atomic mass is 32.2. The first-order valence-electron chi connectivity index (χ1n) is 7.69. The number of nitrogens with one attached hydrogen (secondary N) is 1. The number of sulfone groups is 1. The van der Waals surface area contributed by atoms with Crippen LogP contribution in [0.1, 0.15) is 44.9 Å². The molecular formula is C15H29N3O3S. The van der Waals surface area contributed by atoms with E-state index in [2.05, 4.69) is 15.3 Å². The van der Waals surface area contributed by atoms with E-state index in [-0.39, 0.29) is 17.7 Å². The zero-order valence-electron chi connectivity index (χ0n) is 14.5. The van der Waals surface area contributed by atoms with Crippen molar-refractivity contribution in [3.05, 3.63) is 11.3 Å². The van der Waals surface area contributed by atoms with Crippen LogP contribution in [-0.2, 0) is 9.84 Å². The van der Waals surface area contributed by atoms with Crippen molar-refractivity contribution in [2.45, 2.75) is 52.6 Å². The standard InChI is InChI=1S/C13H23N3O3S.C2H6/c1-5-11(8-17)6-7-14-12-9(2)10(3)15-13(16-12)20(4,18)19;1-2/h11,17H,5-8H2,1-4H3,(H,14,15,16);1-2H3. The molecule has 1 aromatic heterocycles. The summed E-state index contributed by atoms with van der Waals surface area (Å²) in [6, 6.07) is 0. The molecule has 1 rings (SSSR count). The fourth-order valence-corrected chi connectivity index (χ4v) is 2.32. The zero-order valence-corrected chi connectivity index (χ0v) is 15.3. The Morgan fingerprint density at radius 2 is 1.82 bits per heavy atom. The average Bonchev–Trinajstić information content (AvgIpc) is 2.48. The van der Waals surface area contributed by atoms with Gasteiger partial charge in [-0.25, -0.2) is 18.4 Å². The van der Waals surface area contributed by atoms with E-state index in [1.165, 1.54) is 0 Å². The average molecular weight is 331 g/mol. The molecule has 0 saturated carbocycles. The second-order valence-corrected chi connectivity index (χ2v) is 6.92. The summed E-state index contributed by atoms with van der Waals surface area (Å²) >= 11 is 0. The van der Waals surface area contributed by atoms with Gasteiger partial charge in [0.05, 0.1) is 0 Å². The maximum absolute atomic E-state index is 11.5. The Kier molecular flexibility index (Phi) is 9.20. The highest BCUT2D eigenvalue weighted by molar-refractivity contribution is 7.90. The fraction of sp³-hybridized carbons (Fsp3) is 0.733. The van der Waals surface area contributed by atoms with E-state index in [4.69, 9.17) is 5.11 Å². The smallest absolute Gasteiger partial charge is 0.248 e. The van der Waals surface area contributed by atoms with Crippen LogP contribution in [0.15, 0.2) is 5.16 Å². The lowest BCUT2D eigenvalue weighted by molar-refractivity contribution is 0.217. The van der Waals surface area contributed by atoms with E-state index in [1.807, 2.05) is 27.7 Å². The predicted octanol–water partition coefficient (Wildman–Crippen LogP) is 2.34. The number of aryl methyl sites for hydroxylation is 1. The number of rotatable bonds is 7. The van der Waals surface area contributed by atoms with Crippen molar-refractivity contribution in [2.24, 2.45) is 5.92 Å². The Morgan fingerprint density at radius 3 is 2.27 bits per heavy atom. The van der Waals surface area contributed by atoms with Gasteiger partial charge in [-0.05, 0) is 26.2 Å². The number of aromatic nitrogens is 2. The summed E-state index contributed by atoms with van der Waals surface area (Å²) in [5.41, 5.74) is 1.49. The van der Waals surface area contributed by atoms with Gasteiger partial charge in [0.1, 0.15) is 5.82 Å². The molecule has 0 aromatic carbocycles. The first-order chi connectivity index (χ1) is 10.3. The third kappa shape index (κ3) is 6.27. The SMILES string of the molecule is CC.CCC(CO)CCNc1nc(S(C)(=O)=O)nc(C)c1C. The highest BCUT2D eigenvalue weighted by Gasteiger charge is 2.15. The van der Waals surface area contributed by atoms with Gasteiger partial charge < -0.3 is 10.4 Å². The van der Waals surface area contributed by atoms with Crippen molar-refractivity contribution in [3.8, 4) is 0 Å². The third-order valence-corrected chi connectivity index (χ3v) is 4.23. The predicted molar refractivity (Wildman–Crippen MR) is 89.9 cm³/mol. The van der Waals surface area contributed by atoms with Gasteiger partial charge in [-0.1, -0.05) is 27.2 Å². The molecule has 0 fully saturated rings. The second kappa shape index (κ2) is 9.74. The summed E-state index contributed by atoms with van der Waals surface area (Å²) in [5, 5.41) is 12.1. The molecule has 1 aromatic rings. The largest absolute Gasteiger partial charge is 0.396 e. The Balaban J connectivity index is 0.00000211. The number of aliphatic hydroxyl groups is 1. The lowest BCUT2D eigenvalue weighted by Gasteiger charge is -2.14. The second-order valence-electron chi connectivity index (χ2n) is 5.01. The molecule has 0 aliphatic carbocycles. The first kappa shape index (κ1) is 20.8. The molecule has 0 aliphatic rings. The van der Waals surface area contributed by atoms with E-state index >= 15 is 0 Å². The minimum Gasteiger partial charge on any atom is -0.396 e. The number of anilines is 1. The zero-order chi connectivity index (χ0) is 17.3. The van der Waals surface area contributed by atoms with Gasteiger partial charge in [-0.15, -0.1) is 0 Å². The van der Waals surface area contributed by atoms with E-state index in [0.717, 1.165) is 24.7 Å². The van der Waals surface area contributed by atoms with Crippen LogP contribution >= 0.6 is 0 Å². The van der Waals surface area contributed by atoms with Crippen LogP contribution in [0.5, 0.6) is 0 Å². The summed E-state index contributed by atoms with van der Waals surface area (Å²) in [4.78, 5) is 8.08. The Morgan fingerprint density at radius 1 is 1.23 bits per heavy atom. The van der Waals surface area contributed by atoms with Crippen molar-refractivity contribution in [1.82, 2.24) is 9.97 Å². The number of hydrogen-bond acceptors (Lipinski definition) is 6. The van der Waals surface area contributed by atoms with Crippen molar-refractivity contribution in [1.29, 1.82) is 0 Å². The van der Waals surface area contributed by atoms with Crippen LogP contribution in [0.4, 0.5) is 5.82 Å². The number of nitrogens with zero attached hydrogens (tertiary/aromatic N) is 2. The van der Waals surface area contributed by atoms with E-state index < -0.39 is 9.84 Å². The summed E-state index contributed by atoms with van der Waals surface area (Å²) in [6.07, 6.45) is 2.82. The maximum atomic E-state index is 11.5. The van der Waals surface area contributed by atoms with Gasteiger partial charge >= 0.3 is 0 Å². The lowest BCUT2D eigenvalue weighted by atomic mass is 10.0. The van der Waals surface area contributed by atoms with Gasteiger partial charge in [0.25, 0.3) is 0 Å². The third-order valence-electron chi connectivity index (χ3n) is 3.38. The van der Waals surface area contributed by atoms with Gasteiger partial charge in [0, 0.05) is 30.7 Å². The lowest BCUT2D eigenvalue weighted by Crippen LogP contribution is -2.15. The quantitative estimate of drug-likeness (QED) is 0.745. The molecule has 6 nitrogen and oxygen atoms in total. The first-order valence-corrected chi connectivity index (χ1v) is 9.58. The minimum atomic E-state index is -3.42. The molecule has 0 amide bonds. The summed E-state index contributed by atoms with van der Waals surface area (Å²) in [5.74, 6) is 0.797. The molecule has 22 heavy (non-hydrogen) atoms. The minimum absolute atomic E-state index is 0.155. The van der Waals surface area contributed by atoms with Crippen molar-refractivity contribution < 1.29 is 13.5 Å². The molecule has 1 atom stereocenters. The normalized spacial score (nSPS) is 12.3. The van der Waals surface area contributed by atoms with Crippen LogP contribution in [0.3, 0.4) is 0 Å². The molecule has 0 spiro atoms. The molecule has 0 saturated heterocycles. The van der Waals surface area contributed by atoms with Crippen LogP contribution in [0, 0.1) is 19.8 Å². The molecule has 0 bridgehead atoms. The molecule has 128 valence electrons. The van der Waals surface area contributed by atoms with Crippen LogP contribution in [0.25, 0.3) is 0 Å². The topological polar surface area (TPSA) is 92.2 Å². The van der Waals surface area contributed by atoms with Gasteiger partial charge in [0.2, 0.25) is 15.0 Å². The summed E-state index contributed by atoms with van der Waals surface area (Å²) in [6.45, 7) is 10.4. The molecule has 0 aliphatic heterocycles. The molecule has 2 N–H and O–H groups in total. The monoisotopic (exact) mass is 331 g/mol. The van der Waals surface area contributed by atoms with E-state index in [1.54, 1.807) is 6.92 Å². The van der Waals surface area contributed by atoms with Crippen LogP contribution < -0.4 is 5.32 Å². The number of aliphatic hydroxyl groups excluding tert-OH is 1. The fourth-order valence-electron chi connectivity index (χ4n) is 1.76.